The molecular formula is C19H21F3N6O4S. The second-order valence-electron chi connectivity index (χ2n) is 7.66. The first-order chi connectivity index (χ1) is 15.5. The molecular weight excluding hydrogens is 465 g/mol. The van der Waals surface area contributed by atoms with Gasteiger partial charge in [0.2, 0.25) is 27.8 Å². The molecule has 1 aromatic carbocycles. The largest absolute Gasteiger partial charge is 0.481 e. The molecule has 0 unspecified atom stereocenters. The molecule has 14 heteroatoms. The quantitative estimate of drug-likeness (QED) is 0.614. The van der Waals surface area contributed by atoms with Crippen molar-refractivity contribution in [1.29, 1.82) is 0 Å². The molecule has 1 saturated heterocycles. The van der Waals surface area contributed by atoms with Crippen molar-refractivity contribution in [3.8, 4) is 5.88 Å². The fourth-order valence-electron chi connectivity index (χ4n) is 4.10. The van der Waals surface area contributed by atoms with Crippen LogP contribution in [-0.2, 0) is 26.9 Å². The van der Waals surface area contributed by atoms with Crippen molar-refractivity contribution in [2.75, 3.05) is 39.3 Å². The average molecular weight is 486 g/mol. The fraction of sp³-hybridized carbons (Fsp3) is 0.421. The van der Waals surface area contributed by atoms with E-state index in [1.54, 1.807) is 6.07 Å². The Kier molecular flexibility index (Phi) is 5.60. The van der Waals surface area contributed by atoms with E-state index in [0.717, 1.165) is 4.31 Å². The molecule has 178 valence electrons. The van der Waals surface area contributed by atoms with Crippen molar-refractivity contribution >= 4 is 21.9 Å². The lowest BCUT2D eigenvalue weighted by molar-refractivity contribution is 0.181. The summed E-state index contributed by atoms with van der Waals surface area (Å²) in [5.74, 6) is -4.05. The Morgan fingerprint density at radius 3 is 2.52 bits per heavy atom. The number of halogens is 3. The van der Waals surface area contributed by atoms with Crippen molar-refractivity contribution in [2.24, 2.45) is 10.7 Å². The summed E-state index contributed by atoms with van der Waals surface area (Å²) < 4.78 is 80.3. The average Bonchev–Trinajstić information content (AvgIpc) is 3.16. The number of nitrogens with two attached hydrogens (primary N) is 1. The van der Waals surface area contributed by atoms with E-state index in [2.05, 4.69) is 15.0 Å². The van der Waals surface area contributed by atoms with Gasteiger partial charge in [0.15, 0.2) is 11.6 Å². The minimum absolute atomic E-state index is 0.0739. The van der Waals surface area contributed by atoms with Gasteiger partial charge < -0.3 is 20.1 Å². The van der Waals surface area contributed by atoms with Gasteiger partial charge in [0.05, 0.1) is 26.0 Å². The molecule has 33 heavy (non-hydrogen) atoms. The first-order valence-electron chi connectivity index (χ1n) is 9.67. The minimum atomic E-state index is -4.17. The smallest absolute Gasteiger partial charge is 0.244 e. The standard InChI is InChI=1S/C19H21F3N6O4S/c1-27-17(23)26-19(11-5-13(21)14(22)6-12(11)20)9-28(7-15(19)33(27,29)30)18-24-10(8-31-2)4-16(25-18)32-3/h4-6,15H,7-9H2,1-3H3,(H2,23,26)/t15-,19-/m1/s1. The number of anilines is 1. The molecule has 1 fully saturated rings. The van der Waals surface area contributed by atoms with E-state index in [9.17, 15) is 21.6 Å². The number of sulfonamides is 1. The molecule has 1 aromatic heterocycles. The monoisotopic (exact) mass is 486 g/mol. The molecule has 2 N–H and O–H groups in total. The summed E-state index contributed by atoms with van der Waals surface area (Å²) in [4.78, 5) is 14.4. The van der Waals surface area contributed by atoms with E-state index in [0.29, 0.717) is 17.8 Å². The Morgan fingerprint density at radius 1 is 1.15 bits per heavy atom. The molecule has 0 spiro atoms. The van der Waals surface area contributed by atoms with Gasteiger partial charge in [-0.05, 0) is 6.07 Å². The summed E-state index contributed by atoms with van der Waals surface area (Å²) in [5, 5.41) is -1.39. The van der Waals surface area contributed by atoms with Gasteiger partial charge in [0.1, 0.15) is 16.6 Å². The molecule has 0 aliphatic carbocycles. The zero-order valence-electron chi connectivity index (χ0n) is 17.9. The Balaban J connectivity index is 1.91. The highest BCUT2D eigenvalue weighted by molar-refractivity contribution is 7.90. The molecule has 2 aliphatic heterocycles. The molecule has 3 heterocycles. The molecule has 2 aliphatic rings. The van der Waals surface area contributed by atoms with E-state index >= 15 is 0 Å². The molecule has 4 rings (SSSR count). The molecule has 2 atom stereocenters. The zero-order chi connectivity index (χ0) is 24.1. The predicted molar refractivity (Wildman–Crippen MR) is 112 cm³/mol. The third-order valence-electron chi connectivity index (χ3n) is 5.73. The molecule has 0 saturated carbocycles. The van der Waals surface area contributed by atoms with Gasteiger partial charge in [-0.2, -0.15) is 4.98 Å². The van der Waals surface area contributed by atoms with Gasteiger partial charge in [-0.25, -0.2) is 35.9 Å². The van der Waals surface area contributed by atoms with E-state index in [1.165, 1.54) is 26.2 Å². The third kappa shape index (κ3) is 3.62. The lowest BCUT2D eigenvalue weighted by Gasteiger charge is -2.38. The van der Waals surface area contributed by atoms with E-state index in [1.807, 2.05) is 0 Å². The van der Waals surface area contributed by atoms with Crippen molar-refractivity contribution in [1.82, 2.24) is 14.3 Å². The zero-order valence-corrected chi connectivity index (χ0v) is 18.7. The molecule has 0 amide bonds. The SMILES string of the molecule is COCc1cc(OC)nc(N2C[C@@H]3[C@](c4cc(F)c(F)cc4F)(C2)N=C(N)N(C)S3(=O)=O)n1. The predicted octanol–water partition coefficient (Wildman–Crippen LogP) is 0.723. The second-order valence-corrected chi connectivity index (χ2v) is 9.80. The summed E-state index contributed by atoms with van der Waals surface area (Å²) in [6.45, 7) is -0.368. The van der Waals surface area contributed by atoms with E-state index < -0.39 is 49.8 Å². The number of benzene rings is 1. The normalized spacial score (nSPS) is 23.9. The number of hydrogen-bond acceptors (Lipinski definition) is 9. The first kappa shape index (κ1) is 23.0. The van der Waals surface area contributed by atoms with Crippen LogP contribution in [0.2, 0.25) is 0 Å². The van der Waals surface area contributed by atoms with Gasteiger partial charge in [-0.15, -0.1) is 0 Å². The third-order valence-corrected chi connectivity index (χ3v) is 7.94. The number of hydrogen-bond donors (Lipinski definition) is 1. The Hall–Kier alpha value is -3.13. The van der Waals surface area contributed by atoms with Crippen LogP contribution in [0.1, 0.15) is 11.3 Å². The number of methoxy groups -OCH3 is 2. The van der Waals surface area contributed by atoms with Crippen LogP contribution in [0.15, 0.2) is 23.2 Å². The molecule has 0 radical (unpaired) electrons. The molecule has 2 aromatic rings. The van der Waals surface area contributed by atoms with Crippen molar-refractivity contribution in [3.05, 3.63) is 46.9 Å². The number of fused-ring (bicyclic) bond motifs is 1. The van der Waals surface area contributed by atoms with Crippen molar-refractivity contribution < 1.29 is 31.1 Å². The minimum Gasteiger partial charge on any atom is -0.481 e. The maximum absolute atomic E-state index is 14.9. The lowest BCUT2D eigenvalue weighted by atomic mass is 9.88. The second kappa shape index (κ2) is 8.02. The van der Waals surface area contributed by atoms with Gasteiger partial charge >= 0.3 is 0 Å². The highest BCUT2D eigenvalue weighted by Crippen LogP contribution is 2.45. The van der Waals surface area contributed by atoms with Crippen LogP contribution in [0.5, 0.6) is 5.88 Å². The van der Waals surface area contributed by atoms with Gasteiger partial charge in [-0.1, -0.05) is 0 Å². The number of aromatic nitrogens is 2. The number of nitrogens with zero attached hydrogens (tertiary/aromatic N) is 5. The Labute approximate surface area is 187 Å². The van der Waals surface area contributed by atoms with Crippen LogP contribution in [0.3, 0.4) is 0 Å². The van der Waals surface area contributed by atoms with E-state index in [4.69, 9.17) is 15.2 Å². The number of guanidine groups is 1. The summed E-state index contributed by atoms with van der Waals surface area (Å²) in [6, 6.07) is 2.51. The number of aliphatic imine (C=N–C) groups is 1. The summed E-state index contributed by atoms with van der Waals surface area (Å²) >= 11 is 0. The summed E-state index contributed by atoms with van der Waals surface area (Å²) in [7, 11) is -0.0910. The van der Waals surface area contributed by atoms with Gasteiger partial charge in [0.25, 0.3) is 0 Å². The van der Waals surface area contributed by atoms with Gasteiger partial charge in [-0.3, -0.25) is 0 Å². The fourth-order valence-corrected chi connectivity index (χ4v) is 5.90. The van der Waals surface area contributed by atoms with Crippen LogP contribution in [0, 0.1) is 17.5 Å². The van der Waals surface area contributed by atoms with Crippen LogP contribution in [0.25, 0.3) is 0 Å². The lowest BCUT2D eigenvalue weighted by Crippen LogP contribution is -2.57. The number of ether oxygens (including phenoxy) is 2. The van der Waals surface area contributed by atoms with Crippen LogP contribution in [-0.4, -0.2) is 68.3 Å². The van der Waals surface area contributed by atoms with E-state index in [-0.39, 0.29) is 31.5 Å². The highest BCUT2D eigenvalue weighted by atomic mass is 32.2. The van der Waals surface area contributed by atoms with Crippen molar-refractivity contribution in [3.63, 3.8) is 0 Å². The first-order valence-corrected chi connectivity index (χ1v) is 11.2. The topological polar surface area (TPSA) is 123 Å². The summed E-state index contributed by atoms with van der Waals surface area (Å²) in [5.41, 5.74) is 4.00. The molecule has 0 bridgehead atoms. The van der Waals surface area contributed by atoms with Gasteiger partial charge in [0, 0.05) is 38.4 Å². The highest BCUT2D eigenvalue weighted by Gasteiger charge is 2.60. The van der Waals surface area contributed by atoms with Crippen LogP contribution >= 0.6 is 0 Å². The summed E-state index contributed by atoms with van der Waals surface area (Å²) in [6.07, 6.45) is 0. The Bertz CT molecular complexity index is 1240. The maximum atomic E-state index is 14.9. The van der Waals surface area contributed by atoms with Crippen molar-refractivity contribution in [2.45, 2.75) is 17.4 Å². The maximum Gasteiger partial charge on any atom is 0.244 e. The van der Waals surface area contributed by atoms with Crippen LogP contribution in [0.4, 0.5) is 19.1 Å². The number of rotatable bonds is 5. The molecule has 10 nitrogen and oxygen atoms in total. The Morgan fingerprint density at radius 2 is 1.85 bits per heavy atom. The van der Waals surface area contributed by atoms with Crippen LogP contribution < -0.4 is 15.4 Å².